The molecule has 98 valence electrons. The van der Waals surface area contributed by atoms with Crippen molar-refractivity contribution in [3.8, 4) is 12.3 Å². The van der Waals surface area contributed by atoms with Gasteiger partial charge >= 0.3 is 0 Å². The smallest absolute Gasteiger partial charge is 0.00888 e. The number of hydrogen-bond acceptors (Lipinski definition) is 1. The fourth-order valence-electron chi connectivity index (χ4n) is 3.27. The standard InChI is InChI=1S/C16H29N/c1-6-7-8-13-11-15(16(2,3)4)10-9-14(13)12-17-5/h1,13-15,17H,7-12H2,2-5H3. The first-order valence-corrected chi connectivity index (χ1v) is 7.07. The Morgan fingerprint density at radius 3 is 2.47 bits per heavy atom. The summed E-state index contributed by atoms with van der Waals surface area (Å²) in [5.74, 6) is 5.35. The van der Waals surface area contributed by atoms with Gasteiger partial charge in [0.05, 0.1) is 0 Å². The topological polar surface area (TPSA) is 12.0 Å². The molecule has 0 aromatic rings. The Hall–Kier alpha value is -0.480. The van der Waals surface area contributed by atoms with Gasteiger partial charge in [-0.1, -0.05) is 20.8 Å². The van der Waals surface area contributed by atoms with E-state index < -0.39 is 0 Å². The molecule has 17 heavy (non-hydrogen) atoms. The maximum atomic E-state index is 5.42. The lowest BCUT2D eigenvalue weighted by Gasteiger charge is -2.42. The second-order valence-electron chi connectivity index (χ2n) is 6.70. The Morgan fingerprint density at radius 2 is 1.94 bits per heavy atom. The summed E-state index contributed by atoms with van der Waals surface area (Å²) in [6, 6.07) is 0. The van der Waals surface area contributed by atoms with Crippen LogP contribution < -0.4 is 5.32 Å². The second-order valence-corrected chi connectivity index (χ2v) is 6.70. The molecule has 0 heterocycles. The monoisotopic (exact) mass is 235 g/mol. The molecule has 0 spiro atoms. The first-order chi connectivity index (χ1) is 7.99. The highest BCUT2D eigenvalue weighted by Crippen LogP contribution is 2.43. The summed E-state index contributed by atoms with van der Waals surface area (Å²) in [6.45, 7) is 8.31. The van der Waals surface area contributed by atoms with Crippen molar-refractivity contribution in [2.45, 2.75) is 52.9 Å². The predicted octanol–water partition coefficient (Wildman–Crippen LogP) is 3.70. The van der Waals surface area contributed by atoms with Crippen LogP contribution in [-0.2, 0) is 0 Å². The third-order valence-corrected chi connectivity index (χ3v) is 4.49. The molecule has 1 aliphatic carbocycles. The Kier molecular flexibility index (Phi) is 5.53. The molecule has 3 unspecified atom stereocenters. The number of terminal acetylenes is 1. The van der Waals surface area contributed by atoms with E-state index in [0.717, 1.165) is 30.7 Å². The van der Waals surface area contributed by atoms with Gasteiger partial charge in [-0.05, 0) is 62.4 Å². The molecule has 1 fully saturated rings. The Labute approximate surface area is 108 Å². The molecule has 0 saturated heterocycles. The molecular weight excluding hydrogens is 206 g/mol. The van der Waals surface area contributed by atoms with E-state index in [0.29, 0.717) is 5.41 Å². The van der Waals surface area contributed by atoms with E-state index in [9.17, 15) is 0 Å². The third-order valence-electron chi connectivity index (χ3n) is 4.49. The van der Waals surface area contributed by atoms with E-state index in [1.807, 2.05) is 0 Å². The molecule has 0 amide bonds. The molecule has 1 saturated carbocycles. The van der Waals surface area contributed by atoms with Crippen LogP contribution in [0.1, 0.15) is 52.9 Å². The number of nitrogens with one attached hydrogen (secondary N) is 1. The summed E-state index contributed by atoms with van der Waals surface area (Å²) in [5, 5.41) is 3.35. The Bertz CT molecular complexity index is 256. The zero-order valence-corrected chi connectivity index (χ0v) is 12.1. The van der Waals surface area contributed by atoms with Crippen molar-refractivity contribution in [1.82, 2.24) is 5.32 Å². The molecule has 0 aliphatic heterocycles. The third kappa shape index (κ3) is 4.36. The fourth-order valence-corrected chi connectivity index (χ4v) is 3.27. The molecule has 0 radical (unpaired) electrons. The van der Waals surface area contributed by atoms with Crippen molar-refractivity contribution >= 4 is 0 Å². The van der Waals surface area contributed by atoms with Gasteiger partial charge in [0.1, 0.15) is 0 Å². The van der Waals surface area contributed by atoms with Crippen LogP contribution in [0.5, 0.6) is 0 Å². The van der Waals surface area contributed by atoms with Crippen LogP contribution in [0.2, 0.25) is 0 Å². The van der Waals surface area contributed by atoms with Crippen LogP contribution in [0.15, 0.2) is 0 Å². The largest absolute Gasteiger partial charge is 0.319 e. The fraction of sp³-hybridized carbons (Fsp3) is 0.875. The van der Waals surface area contributed by atoms with Crippen molar-refractivity contribution < 1.29 is 0 Å². The first kappa shape index (κ1) is 14.6. The van der Waals surface area contributed by atoms with Crippen LogP contribution in [0, 0.1) is 35.5 Å². The van der Waals surface area contributed by atoms with Crippen molar-refractivity contribution in [3.63, 3.8) is 0 Å². The summed E-state index contributed by atoms with van der Waals surface area (Å²) >= 11 is 0. The SMILES string of the molecule is C#CCCC1CC(C(C)(C)C)CCC1CNC. The minimum atomic E-state index is 0.457. The summed E-state index contributed by atoms with van der Waals surface area (Å²) in [5.41, 5.74) is 0.457. The highest BCUT2D eigenvalue weighted by molar-refractivity contribution is 4.90. The maximum absolute atomic E-state index is 5.42. The molecule has 1 heteroatoms. The van der Waals surface area contributed by atoms with Gasteiger partial charge in [0.15, 0.2) is 0 Å². The summed E-state index contributed by atoms with van der Waals surface area (Å²) in [6.07, 6.45) is 11.7. The second kappa shape index (κ2) is 6.45. The number of hydrogen-bond donors (Lipinski definition) is 1. The van der Waals surface area contributed by atoms with Crippen LogP contribution in [-0.4, -0.2) is 13.6 Å². The van der Waals surface area contributed by atoms with Gasteiger partial charge in [-0.3, -0.25) is 0 Å². The summed E-state index contributed by atoms with van der Waals surface area (Å²) in [7, 11) is 2.06. The zero-order chi connectivity index (χ0) is 12.9. The summed E-state index contributed by atoms with van der Waals surface area (Å²) < 4.78 is 0. The molecular formula is C16H29N. The molecule has 3 atom stereocenters. The van der Waals surface area contributed by atoms with Crippen molar-refractivity contribution in [2.75, 3.05) is 13.6 Å². The minimum Gasteiger partial charge on any atom is -0.319 e. The van der Waals surface area contributed by atoms with E-state index in [4.69, 9.17) is 6.42 Å². The molecule has 1 rings (SSSR count). The Balaban J connectivity index is 2.60. The first-order valence-electron chi connectivity index (χ1n) is 7.07. The normalized spacial score (nSPS) is 29.9. The van der Waals surface area contributed by atoms with Crippen LogP contribution in [0.3, 0.4) is 0 Å². The quantitative estimate of drug-likeness (QED) is 0.733. The molecule has 0 bridgehead atoms. The van der Waals surface area contributed by atoms with E-state index in [2.05, 4.69) is 39.1 Å². The van der Waals surface area contributed by atoms with Crippen molar-refractivity contribution in [2.24, 2.45) is 23.2 Å². The molecule has 0 aromatic heterocycles. The van der Waals surface area contributed by atoms with E-state index in [-0.39, 0.29) is 0 Å². The predicted molar refractivity (Wildman–Crippen MR) is 75.8 cm³/mol. The molecule has 1 nitrogen and oxygen atoms in total. The lowest BCUT2D eigenvalue weighted by atomic mass is 9.64. The van der Waals surface area contributed by atoms with Gasteiger partial charge in [-0.15, -0.1) is 12.3 Å². The van der Waals surface area contributed by atoms with Gasteiger partial charge in [0, 0.05) is 6.42 Å². The number of rotatable bonds is 4. The van der Waals surface area contributed by atoms with Crippen molar-refractivity contribution in [3.05, 3.63) is 0 Å². The lowest BCUT2D eigenvalue weighted by molar-refractivity contribution is 0.0942. The van der Waals surface area contributed by atoms with Crippen molar-refractivity contribution in [1.29, 1.82) is 0 Å². The maximum Gasteiger partial charge on any atom is 0.00888 e. The molecule has 1 aliphatic rings. The van der Waals surface area contributed by atoms with Crippen LogP contribution in [0.25, 0.3) is 0 Å². The van der Waals surface area contributed by atoms with E-state index in [1.54, 1.807) is 0 Å². The van der Waals surface area contributed by atoms with E-state index >= 15 is 0 Å². The average Bonchev–Trinajstić information content (AvgIpc) is 2.26. The van der Waals surface area contributed by atoms with E-state index in [1.165, 1.54) is 25.7 Å². The highest BCUT2D eigenvalue weighted by atomic mass is 14.8. The van der Waals surface area contributed by atoms with Crippen LogP contribution >= 0.6 is 0 Å². The Morgan fingerprint density at radius 1 is 1.24 bits per heavy atom. The minimum absolute atomic E-state index is 0.457. The van der Waals surface area contributed by atoms with Gasteiger partial charge in [-0.25, -0.2) is 0 Å². The highest BCUT2D eigenvalue weighted by Gasteiger charge is 2.34. The van der Waals surface area contributed by atoms with Gasteiger partial charge in [0.25, 0.3) is 0 Å². The molecule has 0 aromatic carbocycles. The molecule has 1 N–H and O–H groups in total. The van der Waals surface area contributed by atoms with Gasteiger partial charge < -0.3 is 5.32 Å². The van der Waals surface area contributed by atoms with Crippen LogP contribution in [0.4, 0.5) is 0 Å². The summed E-state index contributed by atoms with van der Waals surface area (Å²) in [4.78, 5) is 0. The lowest BCUT2D eigenvalue weighted by Crippen LogP contribution is -2.35. The van der Waals surface area contributed by atoms with Gasteiger partial charge in [-0.2, -0.15) is 0 Å². The zero-order valence-electron chi connectivity index (χ0n) is 12.1. The van der Waals surface area contributed by atoms with Gasteiger partial charge in [0.2, 0.25) is 0 Å². The average molecular weight is 235 g/mol.